The van der Waals surface area contributed by atoms with Crippen molar-refractivity contribution in [2.75, 3.05) is 13.1 Å². The maximum Gasteiger partial charge on any atom is 0.287 e. The zero-order valence-corrected chi connectivity index (χ0v) is 8.05. The molecule has 0 radical (unpaired) electrons. The second kappa shape index (κ2) is 4.33. The number of ether oxygens (including phenoxy) is 1. The number of nitrogens with zero attached hydrogens (tertiary/aromatic N) is 2. The van der Waals surface area contributed by atoms with Gasteiger partial charge in [0, 0.05) is 19.2 Å². The van der Waals surface area contributed by atoms with Crippen LogP contribution in [-0.2, 0) is 11.3 Å². The zero-order chi connectivity index (χ0) is 10.7. The fourth-order valence-electron chi connectivity index (χ4n) is 1.19. The van der Waals surface area contributed by atoms with E-state index < -0.39 is 4.92 Å². The molecule has 1 aromatic rings. The van der Waals surface area contributed by atoms with Crippen molar-refractivity contribution in [3.05, 3.63) is 34.1 Å². The topological polar surface area (TPSA) is 77.3 Å². The second-order valence-corrected chi connectivity index (χ2v) is 3.36. The summed E-state index contributed by atoms with van der Waals surface area (Å²) in [7, 11) is 0. The first kappa shape index (κ1) is 10.0. The maximum absolute atomic E-state index is 10.4. The smallest absolute Gasteiger partial charge is 0.287 e. The van der Waals surface area contributed by atoms with Gasteiger partial charge in [-0.3, -0.25) is 15.1 Å². The summed E-state index contributed by atoms with van der Waals surface area (Å²) in [6.45, 7) is 2.14. The van der Waals surface area contributed by atoms with E-state index in [0.29, 0.717) is 12.3 Å². The SMILES string of the molecule is O=[N+]([O-])c1ccc(COC2CNC2)nc1. The van der Waals surface area contributed by atoms with E-state index in [0.717, 1.165) is 13.1 Å². The summed E-state index contributed by atoms with van der Waals surface area (Å²) >= 11 is 0. The number of pyridine rings is 1. The summed E-state index contributed by atoms with van der Waals surface area (Å²) in [5, 5.41) is 13.4. The molecule has 0 amide bonds. The van der Waals surface area contributed by atoms with Crippen LogP contribution in [0.25, 0.3) is 0 Å². The summed E-state index contributed by atoms with van der Waals surface area (Å²) in [4.78, 5) is 13.8. The van der Waals surface area contributed by atoms with Crippen molar-refractivity contribution in [2.24, 2.45) is 0 Å². The number of hydrogen-bond acceptors (Lipinski definition) is 5. The third-order valence-electron chi connectivity index (χ3n) is 2.23. The molecule has 6 heteroatoms. The van der Waals surface area contributed by atoms with Crippen molar-refractivity contribution >= 4 is 5.69 Å². The number of rotatable bonds is 4. The van der Waals surface area contributed by atoms with Crippen molar-refractivity contribution < 1.29 is 9.66 Å². The minimum Gasteiger partial charge on any atom is -0.369 e. The van der Waals surface area contributed by atoms with Crippen LogP contribution in [0, 0.1) is 10.1 Å². The van der Waals surface area contributed by atoms with Crippen LogP contribution >= 0.6 is 0 Å². The Labute approximate surface area is 86.4 Å². The average molecular weight is 209 g/mol. The lowest BCUT2D eigenvalue weighted by molar-refractivity contribution is -0.385. The molecule has 6 nitrogen and oxygen atoms in total. The molecule has 1 N–H and O–H groups in total. The van der Waals surface area contributed by atoms with E-state index in [-0.39, 0.29) is 11.8 Å². The van der Waals surface area contributed by atoms with Gasteiger partial charge in [0.15, 0.2) is 0 Å². The molecule has 15 heavy (non-hydrogen) atoms. The quantitative estimate of drug-likeness (QED) is 0.576. The van der Waals surface area contributed by atoms with E-state index in [4.69, 9.17) is 4.74 Å². The molecule has 0 unspecified atom stereocenters. The normalized spacial score (nSPS) is 16.0. The largest absolute Gasteiger partial charge is 0.369 e. The first-order chi connectivity index (χ1) is 7.25. The van der Waals surface area contributed by atoms with Crippen LogP contribution in [0.4, 0.5) is 5.69 Å². The molecule has 2 rings (SSSR count). The van der Waals surface area contributed by atoms with Gasteiger partial charge in [0.1, 0.15) is 6.20 Å². The third kappa shape index (κ3) is 2.48. The van der Waals surface area contributed by atoms with Gasteiger partial charge in [-0.2, -0.15) is 0 Å². The first-order valence-corrected chi connectivity index (χ1v) is 4.67. The van der Waals surface area contributed by atoms with E-state index in [2.05, 4.69) is 10.3 Å². The summed E-state index contributed by atoms with van der Waals surface area (Å²) in [6, 6.07) is 3.05. The Kier molecular flexibility index (Phi) is 2.89. The molecule has 0 atom stereocenters. The molecule has 80 valence electrons. The molecule has 2 heterocycles. The van der Waals surface area contributed by atoms with Crippen LogP contribution in [0.1, 0.15) is 5.69 Å². The van der Waals surface area contributed by atoms with E-state index in [1.807, 2.05) is 0 Å². The predicted molar refractivity (Wildman–Crippen MR) is 52.3 cm³/mol. The lowest BCUT2D eigenvalue weighted by Gasteiger charge is -2.26. The predicted octanol–water partition coefficient (Wildman–Crippen LogP) is 0.478. The van der Waals surface area contributed by atoms with Crippen molar-refractivity contribution in [3.8, 4) is 0 Å². The molecular formula is C9H11N3O3. The molecule has 1 saturated heterocycles. The Balaban J connectivity index is 1.88. The highest BCUT2D eigenvalue weighted by molar-refractivity contribution is 5.26. The Morgan fingerprint density at radius 3 is 2.87 bits per heavy atom. The lowest BCUT2D eigenvalue weighted by Crippen LogP contribution is -2.48. The van der Waals surface area contributed by atoms with Gasteiger partial charge in [0.2, 0.25) is 0 Å². The molecule has 1 aliphatic heterocycles. The molecule has 0 spiro atoms. The fourth-order valence-corrected chi connectivity index (χ4v) is 1.19. The number of nitro groups is 1. The van der Waals surface area contributed by atoms with Crippen LogP contribution < -0.4 is 5.32 Å². The summed E-state index contributed by atoms with van der Waals surface area (Å²) in [6.07, 6.45) is 1.50. The van der Waals surface area contributed by atoms with E-state index in [1.165, 1.54) is 12.3 Å². The van der Waals surface area contributed by atoms with E-state index >= 15 is 0 Å². The minimum atomic E-state index is -0.465. The number of hydrogen-bond donors (Lipinski definition) is 1. The molecular weight excluding hydrogens is 198 g/mol. The highest BCUT2D eigenvalue weighted by atomic mass is 16.6. The molecule has 1 aliphatic rings. The van der Waals surface area contributed by atoms with Crippen molar-refractivity contribution in [2.45, 2.75) is 12.7 Å². The first-order valence-electron chi connectivity index (χ1n) is 4.67. The Hall–Kier alpha value is -1.53. The van der Waals surface area contributed by atoms with Crippen LogP contribution in [0.2, 0.25) is 0 Å². The van der Waals surface area contributed by atoms with Crippen LogP contribution in [0.5, 0.6) is 0 Å². The van der Waals surface area contributed by atoms with Gasteiger partial charge >= 0.3 is 0 Å². The van der Waals surface area contributed by atoms with Gasteiger partial charge in [-0.25, -0.2) is 0 Å². The Morgan fingerprint density at radius 1 is 1.60 bits per heavy atom. The molecule has 1 fully saturated rings. The fraction of sp³-hybridized carbons (Fsp3) is 0.444. The van der Waals surface area contributed by atoms with E-state index in [1.54, 1.807) is 6.07 Å². The van der Waals surface area contributed by atoms with Crippen molar-refractivity contribution in [1.29, 1.82) is 0 Å². The van der Waals surface area contributed by atoms with Gasteiger partial charge in [-0.15, -0.1) is 0 Å². The lowest BCUT2D eigenvalue weighted by atomic mass is 10.2. The highest BCUT2D eigenvalue weighted by Crippen LogP contribution is 2.10. The standard InChI is InChI=1S/C9H11N3O3/c13-12(14)8-2-1-7(11-3-8)6-15-9-4-10-5-9/h1-3,9-10H,4-6H2. The van der Waals surface area contributed by atoms with Crippen molar-refractivity contribution in [3.63, 3.8) is 0 Å². The van der Waals surface area contributed by atoms with Crippen LogP contribution in [0.3, 0.4) is 0 Å². The number of nitrogens with one attached hydrogen (secondary N) is 1. The van der Waals surface area contributed by atoms with Gasteiger partial charge in [0.25, 0.3) is 5.69 Å². The van der Waals surface area contributed by atoms with Crippen LogP contribution in [0.15, 0.2) is 18.3 Å². The second-order valence-electron chi connectivity index (χ2n) is 3.36. The van der Waals surface area contributed by atoms with Gasteiger partial charge in [-0.1, -0.05) is 0 Å². The summed E-state index contributed by atoms with van der Waals surface area (Å²) in [5.74, 6) is 0. The monoisotopic (exact) mass is 209 g/mol. The maximum atomic E-state index is 10.4. The van der Waals surface area contributed by atoms with Crippen LogP contribution in [-0.4, -0.2) is 29.1 Å². The third-order valence-corrected chi connectivity index (χ3v) is 2.23. The molecule has 0 saturated carbocycles. The summed E-state index contributed by atoms with van der Waals surface area (Å²) < 4.78 is 5.47. The van der Waals surface area contributed by atoms with Gasteiger partial charge in [-0.05, 0) is 6.07 Å². The summed E-state index contributed by atoms with van der Waals surface area (Å²) in [5.41, 5.74) is 0.719. The van der Waals surface area contributed by atoms with Crippen molar-refractivity contribution in [1.82, 2.24) is 10.3 Å². The van der Waals surface area contributed by atoms with E-state index in [9.17, 15) is 10.1 Å². The zero-order valence-electron chi connectivity index (χ0n) is 8.05. The molecule has 0 aromatic carbocycles. The average Bonchev–Trinajstić information content (AvgIpc) is 2.16. The minimum absolute atomic E-state index is 0.00376. The Bertz CT molecular complexity index is 348. The molecule has 0 bridgehead atoms. The van der Waals surface area contributed by atoms with Gasteiger partial charge < -0.3 is 10.1 Å². The van der Waals surface area contributed by atoms with Gasteiger partial charge in [0.05, 0.1) is 23.3 Å². The highest BCUT2D eigenvalue weighted by Gasteiger charge is 2.17. The Morgan fingerprint density at radius 2 is 2.40 bits per heavy atom. The molecule has 1 aromatic heterocycles. The number of aromatic nitrogens is 1. The molecule has 0 aliphatic carbocycles.